The van der Waals surface area contributed by atoms with Crippen LogP contribution in [0.4, 0.5) is 0 Å². The standard InChI is InChI=1S/C9H16N2O2S2/c10-9(14)8-3-1-2-6-11(8)15(12,13)7-4-5-7/h7-8H,1-6H2,(H2,10,14). The van der Waals surface area contributed by atoms with Crippen LogP contribution in [-0.2, 0) is 10.0 Å². The van der Waals surface area contributed by atoms with E-state index in [9.17, 15) is 8.42 Å². The van der Waals surface area contributed by atoms with E-state index in [4.69, 9.17) is 18.0 Å². The Bertz CT molecular complexity index is 362. The predicted molar refractivity (Wildman–Crippen MR) is 63.1 cm³/mol. The van der Waals surface area contributed by atoms with Crippen molar-refractivity contribution in [2.24, 2.45) is 5.73 Å². The van der Waals surface area contributed by atoms with Crippen LogP contribution in [0.15, 0.2) is 0 Å². The van der Waals surface area contributed by atoms with Gasteiger partial charge in [-0.15, -0.1) is 0 Å². The van der Waals surface area contributed by atoms with Crippen molar-refractivity contribution in [2.45, 2.75) is 43.4 Å². The number of nitrogens with zero attached hydrogens (tertiary/aromatic N) is 1. The maximum absolute atomic E-state index is 12.1. The summed E-state index contributed by atoms with van der Waals surface area (Å²) in [6, 6.07) is -0.237. The number of thiocarbonyl (C=S) groups is 1. The maximum atomic E-state index is 12.1. The Morgan fingerprint density at radius 1 is 1.27 bits per heavy atom. The summed E-state index contributed by atoms with van der Waals surface area (Å²) in [6.07, 6.45) is 4.30. The van der Waals surface area contributed by atoms with Gasteiger partial charge < -0.3 is 5.73 Å². The third-order valence-electron chi connectivity index (χ3n) is 3.05. The van der Waals surface area contributed by atoms with Gasteiger partial charge in [-0.1, -0.05) is 18.6 Å². The molecule has 1 atom stereocenters. The summed E-state index contributed by atoms with van der Waals surface area (Å²) in [5, 5.41) is -0.160. The van der Waals surface area contributed by atoms with E-state index >= 15 is 0 Å². The van der Waals surface area contributed by atoms with Crippen LogP contribution in [-0.4, -0.2) is 35.5 Å². The van der Waals surface area contributed by atoms with Crippen LogP contribution in [0, 0.1) is 0 Å². The first-order valence-corrected chi connectivity index (χ1v) is 7.24. The number of rotatable bonds is 3. The van der Waals surface area contributed by atoms with Gasteiger partial charge in [-0.3, -0.25) is 0 Å². The molecule has 0 bridgehead atoms. The van der Waals surface area contributed by atoms with Gasteiger partial charge in [-0.2, -0.15) is 4.31 Å². The molecule has 0 aromatic rings. The molecule has 2 rings (SSSR count). The van der Waals surface area contributed by atoms with Crippen molar-refractivity contribution in [2.75, 3.05) is 6.54 Å². The molecular formula is C9H16N2O2S2. The van der Waals surface area contributed by atoms with Crippen molar-refractivity contribution in [1.29, 1.82) is 0 Å². The van der Waals surface area contributed by atoms with Crippen molar-refractivity contribution in [3.05, 3.63) is 0 Å². The van der Waals surface area contributed by atoms with E-state index in [0.717, 1.165) is 32.1 Å². The highest BCUT2D eigenvalue weighted by atomic mass is 32.2. The molecule has 6 heteroatoms. The molecule has 1 unspecified atom stereocenters. The Labute approximate surface area is 95.9 Å². The summed E-state index contributed by atoms with van der Waals surface area (Å²) in [5.74, 6) is 0. The quantitative estimate of drug-likeness (QED) is 0.744. The molecule has 1 aliphatic carbocycles. The molecule has 1 saturated carbocycles. The molecule has 1 aliphatic heterocycles. The van der Waals surface area contributed by atoms with E-state index < -0.39 is 10.0 Å². The second kappa shape index (κ2) is 3.99. The molecular weight excluding hydrogens is 232 g/mol. The highest BCUT2D eigenvalue weighted by Gasteiger charge is 2.43. The normalized spacial score (nSPS) is 28.9. The van der Waals surface area contributed by atoms with Crippen LogP contribution in [0.5, 0.6) is 0 Å². The van der Waals surface area contributed by atoms with Gasteiger partial charge in [0, 0.05) is 6.54 Å². The smallest absolute Gasteiger partial charge is 0.217 e. The fourth-order valence-electron chi connectivity index (χ4n) is 2.05. The van der Waals surface area contributed by atoms with Crippen molar-refractivity contribution in [3.8, 4) is 0 Å². The lowest BCUT2D eigenvalue weighted by atomic mass is 10.1. The Kier molecular flexibility index (Phi) is 3.00. The van der Waals surface area contributed by atoms with Gasteiger partial charge >= 0.3 is 0 Å². The lowest BCUT2D eigenvalue weighted by Gasteiger charge is -2.33. The van der Waals surface area contributed by atoms with Crippen LogP contribution >= 0.6 is 12.2 Å². The summed E-state index contributed by atoms with van der Waals surface area (Å²) in [6.45, 7) is 0.584. The van der Waals surface area contributed by atoms with Crippen molar-refractivity contribution in [3.63, 3.8) is 0 Å². The minimum Gasteiger partial charge on any atom is -0.392 e. The van der Waals surface area contributed by atoms with Crippen molar-refractivity contribution < 1.29 is 8.42 Å². The topological polar surface area (TPSA) is 63.4 Å². The first-order valence-electron chi connectivity index (χ1n) is 5.33. The zero-order chi connectivity index (χ0) is 11.1. The average Bonchev–Trinajstić information content (AvgIpc) is 3.01. The van der Waals surface area contributed by atoms with E-state index in [1.807, 2.05) is 0 Å². The molecule has 1 saturated heterocycles. The first-order chi connectivity index (χ1) is 7.03. The number of hydrogen-bond donors (Lipinski definition) is 1. The van der Waals surface area contributed by atoms with Gasteiger partial charge in [0.1, 0.15) is 0 Å². The molecule has 2 N–H and O–H groups in total. The molecule has 86 valence electrons. The number of hydrogen-bond acceptors (Lipinski definition) is 3. The molecule has 2 fully saturated rings. The van der Waals surface area contributed by atoms with Crippen LogP contribution in [0.1, 0.15) is 32.1 Å². The van der Waals surface area contributed by atoms with Gasteiger partial charge in [0.25, 0.3) is 0 Å². The fraction of sp³-hybridized carbons (Fsp3) is 0.889. The highest BCUT2D eigenvalue weighted by Crippen LogP contribution is 2.34. The second-order valence-corrected chi connectivity index (χ2v) is 6.91. The second-order valence-electron chi connectivity index (χ2n) is 4.27. The largest absolute Gasteiger partial charge is 0.392 e. The van der Waals surface area contributed by atoms with Gasteiger partial charge in [-0.25, -0.2) is 8.42 Å². The molecule has 0 radical (unpaired) electrons. The molecule has 0 amide bonds. The summed E-state index contributed by atoms with van der Waals surface area (Å²) in [7, 11) is -3.12. The molecule has 1 heterocycles. The van der Waals surface area contributed by atoms with Gasteiger partial charge in [-0.05, 0) is 25.7 Å². The SMILES string of the molecule is NC(=S)C1CCCCN1S(=O)(=O)C1CC1. The third kappa shape index (κ3) is 2.16. The van der Waals surface area contributed by atoms with E-state index in [0.29, 0.717) is 11.5 Å². The van der Waals surface area contributed by atoms with Crippen LogP contribution in [0.2, 0.25) is 0 Å². The number of piperidine rings is 1. The molecule has 0 aromatic carbocycles. The predicted octanol–water partition coefficient (Wildman–Crippen LogP) is 0.619. The summed E-state index contributed by atoms with van der Waals surface area (Å²) < 4.78 is 25.7. The average molecular weight is 248 g/mol. The van der Waals surface area contributed by atoms with Crippen LogP contribution < -0.4 is 5.73 Å². The van der Waals surface area contributed by atoms with Gasteiger partial charge in [0.2, 0.25) is 10.0 Å². The molecule has 2 aliphatic rings. The fourth-order valence-corrected chi connectivity index (χ4v) is 4.44. The minimum atomic E-state index is -3.12. The minimum absolute atomic E-state index is 0.160. The van der Waals surface area contributed by atoms with E-state index in [-0.39, 0.29) is 11.3 Å². The lowest BCUT2D eigenvalue weighted by molar-refractivity contribution is 0.306. The summed E-state index contributed by atoms with van der Waals surface area (Å²) in [4.78, 5) is 0.318. The van der Waals surface area contributed by atoms with Crippen molar-refractivity contribution in [1.82, 2.24) is 4.31 Å². The van der Waals surface area contributed by atoms with E-state index in [1.165, 1.54) is 4.31 Å². The zero-order valence-electron chi connectivity index (χ0n) is 8.55. The Morgan fingerprint density at radius 3 is 2.47 bits per heavy atom. The van der Waals surface area contributed by atoms with Crippen molar-refractivity contribution >= 4 is 27.2 Å². The molecule has 0 aromatic heterocycles. The zero-order valence-corrected chi connectivity index (χ0v) is 10.2. The van der Waals surface area contributed by atoms with Gasteiger partial charge in [0.05, 0.1) is 16.3 Å². The molecule has 4 nitrogen and oxygen atoms in total. The third-order valence-corrected chi connectivity index (χ3v) is 5.73. The van der Waals surface area contributed by atoms with E-state index in [1.54, 1.807) is 0 Å². The van der Waals surface area contributed by atoms with Crippen LogP contribution in [0.25, 0.3) is 0 Å². The van der Waals surface area contributed by atoms with Gasteiger partial charge in [0.15, 0.2) is 0 Å². The number of nitrogens with two attached hydrogens (primary N) is 1. The molecule has 0 spiro atoms. The first kappa shape index (κ1) is 11.3. The Morgan fingerprint density at radius 2 is 1.93 bits per heavy atom. The number of sulfonamides is 1. The summed E-state index contributed by atoms with van der Waals surface area (Å²) in [5.41, 5.74) is 5.60. The monoisotopic (exact) mass is 248 g/mol. The maximum Gasteiger partial charge on any atom is 0.217 e. The summed E-state index contributed by atoms with van der Waals surface area (Å²) >= 11 is 4.94. The molecule has 15 heavy (non-hydrogen) atoms. The Hall–Kier alpha value is -0.200. The van der Waals surface area contributed by atoms with E-state index in [2.05, 4.69) is 0 Å². The Balaban J connectivity index is 2.20. The lowest BCUT2D eigenvalue weighted by Crippen LogP contribution is -2.50. The van der Waals surface area contributed by atoms with Crippen LogP contribution in [0.3, 0.4) is 0 Å². The highest BCUT2D eigenvalue weighted by molar-refractivity contribution is 7.90.